The van der Waals surface area contributed by atoms with Gasteiger partial charge in [0.05, 0.1) is 0 Å². The maximum atomic E-state index is 4.43. The molecule has 0 aliphatic carbocycles. The molecule has 1 aliphatic rings. The van der Waals surface area contributed by atoms with Crippen LogP contribution in [0, 0.1) is 0 Å². The van der Waals surface area contributed by atoms with E-state index in [0.717, 1.165) is 5.82 Å². The van der Waals surface area contributed by atoms with E-state index in [-0.39, 0.29) is 21.1 Å². The Morgan fingerprint density at radius 1 is 1.25 bits per heavy atom. The van der Waals surface area contributed by atoms with Crippen LogP contribution in [0.4, 0.5) is 5.82 Å². The molecule has 0 fully saturated rings. The van der Waals surface area contributed by atoms with E-state index >= 15 is 0 Å². The number of hydrogen-bond acceptors (Lipinski definition) is 3. The van der Waals surface area contributed by atoms with Gasteiger partial charge in [0, 0.05) is 39.7 Å². The van der Waals surface area contributed by atoms with E-state index in [1.54, 1.807) is 0 Å². The summed E-state index contributed by atoms with van der Waals surface area (Å²) in [7, 11) is 4.00. The summed E-state index contributed by atoms with van der Waals surface area (Å²) in [6.45, 7) is 4.35. The van der Waals surface area contributed by atoms with Gasteiger partial charge in [0.15, 0.2) is 0 Å². The van der Waals surface area contributed by atoms with Crippen LogP contribution in [0.5, 0.6) is 0 Å². The Morgan fingerprint density at radius 2 is 2.00 bits per heavy atom. The summed E-state index contributed by atoms with van der Waals surface area (Å²) in [6.07, 6.45) is 5.94. The van der Waals surface area contributed by atoms with E-state index in [2.05, 4.69) is 31.0 Å². The molecule has 0 atom stereocenters. The minimum atomic E-state index is 0. The van der Waals surface area contributed by atoms with Crippen LogP contribution in [0.2, 0.25) is 0 Å². The van der Waals surface area contributed by atoms with Crippen molar-refractivity contribution >= 4 is 13.4 Å². The second-order valence-corrected chi connectivity index (χ2v) is 4.09. The van der Waals surface area contributed by atoms with Crippen molar-refractivity contribution in [3.8, 4) is 0 Å². The van der Waals surface area contributed by atoms with Crippen LogP contribution in [-0.4, -0.2) is 24.4 Å². The van der Waals surface area contributed by atoms with E-state index in [4.69, 9.17) is 0 Å². The van der Waals surface area contributed by atoms with Gasteiger partial charge < -0.3 is 9.62 Å². The third-order valence-electron chi connectivity index (χ3n) is 2.47. The van der Waals surface area contributed by atoms with Crippen molar-refractivity contribution in [1.82, 2.24) is 9.79 Å². The molecule has 0 spiro atoms. The van der Waals surface area contributed by atoms with Gasteiger partial charge in [-0.3, -0.25) is 0 Å². The number of anilines is 1. The first-order valence-corrected chi connectivity index (χ1v) is 5.16. The van der Waals surface area contributed by atoms with Crippen molar-refractivity contribution in [2.75, 3.05) is 11.9 Å². The van der Waals surface area contributed by atoms with Gasteiger partial charge in [0.2, 0.25) is 0 Å². The molecule has 87 valence electrons. The van der Waals surface area contributed by atoms with Gasteiger partial charge in [-0.15, -0.1) is 0 Å². The normalized spacial score (nSPS) is 14.0. The Kier molecular flexibility index (Phi) is 4.60. The summed E-state index contributed by atoms with van der Waals surface area (Å²) in [4.78, 5) is 8.44. The topological polar surface area (TPSA) is 19.4 Å². The fraction of sp³-hybridized carbons (Fsp3) is 0.364. The molecule has 0 aromatic carbocycles. The molecule has 1 radical (unpaired) electrons. The zero-order valence-corrected chi connectivity index (χ0v) is 12.0. The van der Waals surface area contributed by atoms with E-state index in [0.29, 0.717) is 5.92 Å². The van der Waals surface area contributed by atoms with Crippen molar-refractivity contribution in [2.24, 2.45) is 0 Å². The Hall–Kier alpha value is -0.757. The summed E-state index contributed by atoms with van der Waals surface area (Å²) in [6, 6.07) is 4.18. The van der Waals surface area contributed by atoms with Crippen LogP contribution in [0.15, 0.2) is 30.7 Å². The van der Waals surface area contributed by atoms with E-state index in [9.17, 15) is 0 Å². The van der Waals surface area contributed by atoms with Gasteiger partial charge in [-0.2, -0.15) is 0 Å². The molecule has 16 heavy (non-hydrogen) atoms. The van der Waals surface area contributed by atoms with Gasteiger partial charge in [-0.25, -0.2) is 4.98 Å². The number of hydrogen-bond donors (Lipinski definition) is 0. The number of aromatic nitrogens is 1. The predicted octanol–water partition coefficient (Wildman–Crippen LogP) is 1.96. The smallest absolute Gasteiger partial charge is 0.396 e. The van der Waals surface area contributed by atoms with Gasteiger partial charge in [-0.05, 0) is 24.6 Å². The SMILES string of the molecule is CC(C)c1ccc(N2[B]N(C)C=C2)nc1.[Pt]. The summed E-state index contributed by atoms with van der Waals surface area (Å²) >= 11 is 0. The molecule has 1 aromatic heterocycles. The number of nitrogens with zero attached hydrogens (tertiary/aromatic N) is 3. The average molecular weight is 395 g/mol. The van der Waals surface area contributed by atoms with E-state index < -0.39 is 0 Å². The maximum Gasteiger partial charge on any atom is 0.396 e. The first kappa shape index (κ1) is 13.3. The quantitative estimate of drug-likeness (QED) is 0.714. The molecule has 5 heteroatoms. The fourth-order valence-electron chi connectivity index (χ4n) is 1.48. The molecule has 0 saturated heterocycles. The molecule has 0 amide bonds. The van der Waals surface area contributed by atoms with Crippen molar-refractivity contribution in [3.63, 3.8) is 0 Å². The van der Waals surface area contributed by atoms with Crippen molar-refractivity contribution in [1.29, 1.82) is 0 Å². The van der Waals surface area contributed by atoms with Gasteiger partial charge in [0.25, 0.3) is 0 Å². The molecular weight excluding hydrogens is 380 g/mol. The summed E-state index contributed by atoms with van der Waals surface area (Å²) in [5.74, 6) is 1.49. The van der Waals surface area contributed by atoms with Crippen molar-refractivity contribution < 1.29 is 21.1 Å². The Bertz CT molecular complexity index is 364. The Balaban J connectivity index is 0.00000128. The average Bonchev–Trinajstić information content (AvgIpc) is 2.65. The van der Waals surface area contributed by atoms with Crippen molar-refractivity contribution in [2.45, 2.75) is 19.8 Å². The second-order valence-electron chi connectivity index (χ2n) is 4.09. The monoisotopic (exact) mass is 395 g/mol. The first-order chi connectivity index (χ1) is 7.16. The van der Waals surface area contributed by atoms with Gasteiger partial charge in [0.1, 0.15) is 5.82 Å². The predicted molar refractivity (Wildman–Crippen MR) is 63.5 cm³/mol. The summed E-state index contributed by atoms with van der Waals surface area (Å²) in [5.41, 5.74) is 1.27. The third kappa shape index (κ3) is 2.88. The van der Waals surface area contributed by atoms with Crippen LogP contribution in [-0.2, 0) is 21.1 Å². The molecule has 0 saturated carbocycles. The molecule has 0 N–H and O–H groups in total. The molecular formula is C11H15BN3Pt. The van der Waals surface area contributed by atoms with E-state index in [1.165, 1.54) is 5.56 Å². The fourth-order valence-corrected chi connectivity index (χ4v) is 1.48. The number of rotatable bonds is 2. The molecule has 3 nitrogen and oxygen atoms in total. The molecule has 2 rings (SSSR count). The first-order valence-electron chi connectivity index (χ1n) is 5.16. The number of pyridine rings is 1. The van der Waals surface area contributed by atoms with E-state index in [1.807, 2.05) is 42.8 Å². The maximum absolute atomic E-state index is 4.43. The van der Waals surface area contributed by atoms with Gasteiger partial charge in [-0.1, -0.05) is 19.9 Å². The van der Waals surface area contributed by atoms with Crippen LogP contribution in [0.3, 0.4) is 0 Å². The standard InChI is InChI=1S/C11H15BN3.Pt/c1-9(2)10-4-5-11(13-8-10)15-7-6-14(3)12-15;/h4-9H,1-3H3;. The summed E-state index contributed by atoms with van der Waals surface area (Å²) in [5, 5.41) is 0. The zero-order chi connectivity index (χ0) is 10.8. The summed E-state index contributed by atoms with van der Waals surface area (Å²) < 4.78 is 0. The molecule has 1 aromatic rings. The van der Waals surface area contributed by atoms with Crippen LogP contribution in [0.25, 0.3) is 0 Å². The Labute approximate surface area is 112 Å². The largest absolute Gasteiger partial charge is 0.406 e. The minimum absolute atomic E-state index is 0. The van der Waals surface area contributed by atoms with Crippen molar-refractivity contribution in [3.05, 3.63) is 36.3 Å². The zero-order valence-electron chi connectivity index (χ0n) is 9.70. The molecule has 0 bridgehead atoms. The Morgan fingerprint density at radius 3 is 2.44 bits per heavy atom. The third-order valence-corrected chi connectivity index (χ3v) is 2.47. The minimum Gasteiger partial charge on any atom is -0.406 e. The molecule has 1 aliphatic heterocycles. The second kappa shape index (κ2) is 5.54. The molecule has 2 heterocycles. The van der Waals surface area contributed by atoms with Gasteiger partial charge >= 0.3 is 7.55 Å². The molecule has 0 unspecified atom stereocenters. The van der Waals surface area contributed by atoms with Crippen LogP contribution >= 0.6 is 0 Å². The van der Waals surface area contributed by atoms with Crippen LogP contribution in [0.1, 0.15) is 25.3 Å². The van der Waals surface area contributed by atoms with Crippen LogP contribution < -0.4 is 4.81 Å².